The number of hydrogen-bond acceptors (Lipinski definition) is 3. The third kappa shape index (κ3) is 2.67. The molecular weight excluding hydrogens is 236 g/mol. The molecule has 0 unspecified atom stereocenters. The maximum Gasteiger partial charge on any atom is 0.193 e. The Labute approximate surface area is 107 Å². The molecule has 4 heteroatoms. The van der Waals surface area contributed by atoms with Crippen LogP contribution in [-0.2, 0) is 0 Å². The van der Waals surface area contributed by atoms with Crippen molar-refractivity contribution < 1.29 is 4.79 Å². The summed E-state index contributed by atoms with van der Waals surface area (Å²) in [6, 6.07) is 0. The predicted molar refractivity (Wildman–Crippen MR) is 70.6 cm³/mol. The summed E-state index contributed by atoms with van der Waals surface area (Å²) in [6.07, 6.45) is 1.66. The van der Waals surface area contributed by atoms with Gasteiger partial charge in [-0.3, -0.25) is 4.79 Å². The molecule has 0 fully saturated rings. The second-order valence-electron chi connectivity index (χ2n) is 4.06. The number of hydrogen-bond donors (Lipinski definition) is 1. The minimum atomic E-state index is -0.0857. The fraction of sp³-hybridized carbons (Fsp3) is 0.385. The largest absolute Gasteiger partial charge is 0.394 e. The zero-order valence-corrected chi connectivity index (χ0v) is 11.6. The van der Waals surface area contributed by atoms with E-state index >= 15 is 0 Å². The van der Waals surface area contributed by atoms with Crippen LogP contribution in [0.5, 0.6) is 0 Å². The number of nitrogens with zero attached hydrogens (tertiary/aromatic N) is 1. The molecule has 3 nitrogen and oxygen atoms in total. The van der Waals surface area contributed by atoms with Crippen molar-refractivity contribution in [2.75, 3.05) is 7.05 Å². The molecular formula is C13H17ClN2O. The van der Waals surface area contributed by atoms with Gasteiger partial charge in [0.15, 0.2) is 5.78 Å². The monoisotopic (exact) mass is 252 g/mol. The van der Waals surface area contributed by atoms with Crippen LogP contribution >= 0.6 is 11.6 Å². The molecule has 0 saturated heterocycles. The molecule has 1 N–H and O–H groups in total. The van der Waals surface area contributed by atoms with Crippen LogP contribution in [0.25, 0.3) is 0 Å². The van der Waals surface area contributed by atoms with Crippen molar-refractivity contribution in [2.24, 2.45) is 0 Å². The number of Topliss-reactive ketones (excluding diaryl/α,β-unsaturated/α-hetero) is 1. The molecule has 92 valence electrons. The van der Waals surface area contributed by atoms with Gasteiger partial charge in [0, 0.05) is 24.5 Å². The third-order valence-corrected chi connectivity index (χ3v) is 3.17. The number of pyridine rings is 1. The zero-order chi connectivity index (χ0) is 13.2. The average molecular weight is 253 g/mol. The Morgan fingerprint density at radius 2 is 1.88 bits per heavy atom. The number of aryl methyl sites for hydroxylation is 1. The summed E-state index contributed by atoms with van der Waals surface area (Å²) >= 11 is 6.07. The van der Waals surface area contributed by atoms with Crippen LogP contribution in [0.2, 0.25) is 5.15 Å². The van der Waals surface area contributed by atoms with Gasteiger partial charge in [-0.2, -0.15) is 0 Å². The highest BCUT2D eigenvalue weighted by molar-refractivity contribution is 6.34. The Hall–Kier alpha value is -1.35. The smallest absolute Gasteiger partial charge is 0.193 e. The second kappa shape index (κ2) is 5.32. The van der Waals surface area contributed by atoms with Crippen LogP contribution in [0.4, 0.5) is 0 Å². The summed E-state index contributed by atoms with van der Waals surface area (Å²) in [4.78, 5) is 16.4. The zero-order valence-electron chi connectivity index (χ0n) is 10.8. The van der Waals surface area contributed by atoms with E-state index in [0.29, 0.717) is 11.1 Å². The highest BCUT2D eigenvalue weighted by Crippen LogP contribution is 2.25. The minimum Gasteiger partial charge on any atom is -0.394 e. The number of ketones is 1. The molecule has 17 heavy (non-hydrogen) atoms. The molecule has 0 saturated carbocycles. The molecule has 1 rings (SSSR count). The molecule has 0 bridgehead atoms. The van der Waals surface area contributed by atoms with Gasteiger partial charge in [0.2, 0.25) is 0 Å². The number of aromatic nitrogens is 1. The van der Waals surface area contributed by atoms with Crippen LogP contribution in [0.3, 0.4) is 0 Å². The van der Waals surface area contributed by atoms with Crippen molar-refractivity contribution in [1.82, 2.24) is 10.3 Å². The van der Waals surface area contributed by atoms with E-state index in [-0.39, 0.29) is 10.9 Å². The van der Waals surface area contributed by atoms with Crippen LogP contribution in [0.15, 0.2) is 11.8 Å². The number of nitrogens with one attached hydrogen (secondary N) is 1. The van der Waals surface area contributed by atoms with Gasteiger partial charge < -0.3 is 5.32 Å². The summed E-state index contributed by atoms with van der Waals surface area (Å²) in [7, 11) is 1.75. The number of allylic oxidation sites excluding steroid dienone is 1. The Bertz CT molecular complexity index is 493. The van der Waals surface area contributed by atoms with E-state index in [0.717, 1.165) is 16.8 Å². The van der Waals surface area contributed by atoms with Crippen molar-refractivity contribution in [3.63, 3.8) is 0 Å². The van der Waals surface area contributed by atoms with Gasteiger partial charge in [-0.1, -0.05) is 11.6 Å². The molecule has 0 aromatic carbocycles. The molecule has 0 aliphatic rings. The van der Waals surface area contributed by atoms with E-state index < -0.39 is 0 Å². The SMILES string of the molecule is CN/C=C(\C)C(=O)c1c(Cl)nc(C)c(C)c1C. The van der Waals surface area contributed by atoms with Gasteiger partial charge in [0.1, 0.15) is 5.15 Å². The van der Waals surface area contributed by atoms with Gasteiger partial charge >= 0.3 is 0 Å². The van der Waals surface area contributed by atoms with Crippen LogP contribution in [-0.4, -0.2) is 17.8 Å². The average Bonchev–Trinajstić information content (AvgIpc) is 2.26. The van der Waals surface area contributed by atoms with Crippen molar-refractivity contribution in [3.8, 4) is 0 Å². The summed E-state index contributed by atoms with van der Waals surface area (Å²) in [6.45, 7) is 7.49. The molecule has 0 amide bonds. The third-order valence-electron chi connectivity index (χ3n) is 2.90. The minimum absolute atomic E-state index is 0.0857. The van der Waals surface area contributed by atoms with E-state index in [2.05, 4.69) is 10.3 Å². The lowest BCUT2D eigenvalue weighted by Crippen LogP contribution is -2.10. The number of carbonyl (C=O) groups is 1. The Kier molecular flexibility index (Phi) is 4.29. The van der Waals surface area contributed by atoms with Crippen molar-refractivity contribution >= 4 is 17.4 Å². The molecule has 0 atom stereocenters. The van der Waals surface area contributed by atoms with Crippen LogP contribution in [0, 0.1) is 20.8 Å². The lowest BCUT2D eigenvalue weighted by atomic mass is 9.98. The first kappa shape index (κ1) is 13.7. The number of carbonyl (C=O) groups excluding carboxylic acids is 1. The van der Waals surface area contributed by atoms with Crippen molar-refractivity contribution in [1.29, 1.82) is 0 Å². The fourth-order valence-electron chi connectivity index (χ4n) is 1.64. The second-order valence-corrected chi connectivity index (χ2v) is 4.42. The normalized spacial score (nSPS) is 11.5. The molecule has 1 aromatic heterocycles. The first-order valence-electron chi connectivity index (χ1n) is 5.42. The van der Waals surface area contributed by atoms with E-state index in [9.17, 15) is 4.79 Å². The summed E-state index contributed by atoms with van der Waals surface area (Å²) < 4.78 is 0. The van der Waals surface area contributed by atoms with Gasteiger partial charge in [-0.25, -0.2) is 4.98 Å². The van der Waals surface area contributed by atoms with E-state index in [1.165, 1.54) is 0 Å². The standard InChI is InChI=1S/C13H17ClN2O/c1-7(6-15-5)12(17)11-9(3)8(2)10(4)16-13(11)14/h6,15H,1-5H3/b7-6+. The number of rotatable bonds is 3. The molecule has 1 aromatic rings. The van der Waals surface area contributed by atoms with E-state index in [1.54, 1.807) is 20.2 Å². The summed E-state index contributed by atoms with van der Waals surface area (Å²) in [5.41, 5.74) is 3.88. The Morgan fingerprint density at radius 1 is 1.29 bits per heavy atom. The van der Waals surface area contributed by atoms with Gasteiger partial charge in [-0.15, -0.1) is 0 Å². The molecule has 0 aliphatic carbocycles. The summed E-state index contributed by atoms with van der Waals surface area (Å²) in [5, 5.41) is 3.11. The Morgan fingerprint density at radius 3 is 2.41 bits per heavy atom. The summed E-state index contributed by atoms with van der Waals surface area (Å²) in [5.74, 6) is -0.0857. The maximum absolute atomic E-state index is 12.2. The first-order chi connectivity index (χ1) is 7.90. The fourth-order valence-corrected chi connectivity index (χ4v) is 2.00. The number of halogens is 1. The molecule has 0 spiro atoms. The molecule has 1 heterocycles. The van der Waals surface area contributed by atoms with Gasteiger partial charge in [0.25, 0.3) is 0 Å². The quantitative estimate of drug-likeness (QED) is 0.511. The van der Waals surface area contributed by atoms with Gasteiger partial charge in [0.05, 0.1) is 5.56 Å². The topological polar surface area (TPSA) is 42.0 Å². The van der Waals surface area contributed by atoms with Gasteiger partial charge in [-0.05, 0) is 38.8 Å². The van der Waals surface area contributed by atoms with E-state index in [4.69, 9.17) is 11.6 Å². The van der Waals surface area contributed by atoms with Crippen LogP contribution in [0.1, 0.15) is 34.1 Å². The maximum atomic E-state index is 12.2. The van der Waals surface area contributed by atoms with Crippen molar-refractivity contribution in [3.05, 3.63) is 39.3 Å². The molecule has 0 radical (unpaired) electrons. The highest BCUT2D eigenvalue weighted by Gasteiger charge is 2.18. The Balaban J connectivity index is 3.38. The van der Waals surface area contributed by atoms with Crippen LogP contribution < -0.4 is 5.32 Å². The molecule has 0 aliphatic heterocycles. The first-order valence-corrected chi connectivity index (χ1v) is 5.80. The van der Waals surface area contributed by atoms with E-state index in [1.807, 2.05) is 20.8 Å². The lowest BCUT2D eigenvalue weighted by Gasteiger charge is -2.12. The lowest BCUT2D eigenvalue weighted by molar-refractivity contribution is 0.103. The van der Waals surface area contributed by atoms with Crippen molar-refractivity contribution in [2.45, 2.75) is 27.7 Å². The predicted octanol–water partition coefficient (Wildman–Crippen LogP) is 2.97. The highest BCUT2D eigenvalue weighted by atomic mass is 35.5.